The van der Waals surface area contributed by atoms with E-state index in [0.717, 1.165) is 29.5 Å². The Morgan fingerprint density at radius 3 is 2.90 bits per heavy atom. The number of hydrogen-bond donors (Lipinski definition) is 2. The van der Waals surface area contributed by atoms with Gasteiger partial charge in [-0.25, -0.2) is 0 Å². The second-order valence-electron chi connectivity index (χ2n) is 4.53. The van der Waals surface area contributed by atoms with E-state index in [9.17, 15) is 0 Å². The predicted molar refractivity (Wildman–Crippen MR) is 85.4 cm³/mol. The van der Waals surface area contributed by atoms with Crippen LogP contribution in [0.4, 0.5) is 17.5 Å². The molecular weight excluding hydrogens is 318 g/mol. The smallest absolute Gasteiger partial charge is 0.244 e. The van der Waals surface area contributed by atoms with Gasteiger partial charge in [0.2, 0.25) is 5.95 Å². The van der Waals surface area contributed by atoms with Gasteiger partial charge in [-0.15, -0.1) is 5.10 Å². The molecule has 0 aliphatic heterocycles. The van der Waals surface area contributed by atoms with E-state index in [1.807, 2.05) is 18.2 Å². The zero-order valence-electron chi connectivity index (χ0n) is 11.7. The number of benzene rings is 1. The van der Waals surface area contributed by atoms with Gasteiger partial charge < -0.3 is 10.6 Å². The molecule has 5 nitrogen and oxygen atoms in total. The molecule has 0 saturated carbocycles. The fraction of sp³-hybridized carbons (Fsp3) is 0.357. The number of nitrogens with zero attached hydrogens (tertiary/aromatic N) is 3. The molecule has 0 spiro atoms. The summed E-state index contributed by atoms with van der Waals surface area (Å²) in [4.78, 5) is 4.38. The summed E-state index contributed by atoms with van der Waals surface area (Å²) in [6.45, 7) is 5.06. The van der Waals surface area contributed by atoms with E-state index in [2.05, 4.69) is 55.6 Å². The lowest BCUT2D eigenvalue weighted by Gasteiger charge is -2.08. The van der Waals surface area contributed by atoms with Crippen LogP contribution in [0.5, 0.6) is 0 Å². The quantitative estimate of drug-likeness (QED) is 0.784. The molecule has 0 unspecified atom stereocenters. The standard InChI is InChI=1S/C14H18BrN5/c1-3-4-7-16-14-19-13(9-17-20-14)18-11-6-5-10(2)12(15)8-11/h5-6,8-9H,3-4,7H2,1-2H3,(H2,16,18,19,20). The van der Waals surface area contributed by atoms with Crippen molar-refractivity contribution in [1.29, 1.82) is 0 Å². The fourth-order valence-electron chi connectivity index (χ4n) is 1.63. The van der Waals surface area contributed by atoms with Gasteiger partial charge in [0.15, 0.2) is 5.82 Å². The number of nitrogens with one attached hydrogen (secondary N) is 2. The van der Waals surface area contributed by atoms with Gasteiger partial charge in [0.1, 0.15) is 0 Å². The van der Waals surface area contributed by atoms with Crippen LogP contribution in [0.2, 0.25) is 0 Å². The Hall–Kier alpha value is -1.69. The average molecular weight is 336 g/mol. The Bertz CT molecular complexity index is 573. The lowest BCUT2D eigenvalue weighted by Crippen LogP contribution is -2.07. The van der Waals surface area contributed by atoms with Crippen molar-refractivity contribution >= 4 is 33.4 Å². The predicted octanol–water partition coefficient (Wildman–Crippen LogP) is 3.90. The second kappa shape index (κ2) is 7.19. The van der Waals surface area contributed by atoms with Crippen molar-refractivity contribution < 1.29 is 0 Å². The summed E-state index contributed by atoms with van der Waals surface area (Å²) in [5, 5.41) is 14.3. The number of hydrogen-bond acceptors (Lipinski definition) is 5. The Balaban J connectivity index is 2.05. The van der Waals surface area contributed by atoms with Crippen molar-refractivity contribution in [3.8, 4) is 0 Å². The number of anilines is 3. The molecule has 0 aliphatic carbocycles. The highest BCUT2D eigenvalue weighted by Crippen LogP contribution is 2.22. The maximum Gasteiger partial charge on any atom is 0.244 e. The highest BCUT2D eigenvalue weighted by Gasteiger charge is 2.02. The van der Waals surface area contributed by atoms with Crippen molar-refractivity contribution in [2.24, 2.45) is 0 Å². The van der Waals surface area contributed by atoms with Crippen LogP contribution in [-0.2, 0) is 0 Å². The van der Waals surface area contributed by atoms with Gasteiger partial charge >= 0.3 is 0 Å². The summed E-state index contributed by atoms with van der Waals surface area (Å²) in [7, 11) is 0. The molecule has 20 heavy (non-hydrogen) atoms. The van der Waals surface area contributed by atoms with Crippen molar-refractivity contribution in [2.45, 2.75) is 26.7 Å². The molecule has 0 fully saturated rings. The molecule has 2 N–H and O–H groups in total. The largest absolute Gasteiger partial charge is 0.353 e. The van der Waals surface area contributed by atoms with E-state index in [1.54, 1.807) is 6.20 Å². The molecule has 1 aromatic carbocycles. The summed E-state index contributed by atoms with van der Waals surface area (Å²) in [6, 6.07) is 6.06. The molecule has 0 saturated heterocycles. The Morgan fingerprint density at radius 2 is 2.15 bits per heavy atom. The maximum absolute atomic E-state index is 4.38. The monoisotopic (exact) mass is 335 g/mol. The third-order valence-electron chi connectivity index (χ3n) is 2.82. The molecule has 0 amide bonds. The first-order chi connectivity index (χ1) is 9.69. The van der Waals surface area contributed by atoms with Crippen LogP contribution in [0, 0.1) is 6.92 Å². The normalized spacial score (nSPS) is 10.3. The number of halogens is 1. The van der Waals surface area contributed by atoms with Gasteiger partial charge in [-0.05, 0) is 31.0 Å². The van der Waals surface area contributed by atoms with Gasteiger partial charge in [-0.2, -0.15) is 10.1 Å². The zero-order chi connectivity index (χ0) is 14.4. The van der Waals surface area contributed by atoms with Crippen molar-refractivity contribution in [1.82, 2.24) is 15.2 Å². The Kier molecular flexibility index (Phi) is 5.29. The summed E-state index contributed by atoms with van der Waals surface area (Å²) < 4.78 is 1.06. The Morgan fingerprint density at radius 1 is 1.30 bits per heavy atom. The van der Waals surface area contributed by atoms with E-state index in [4.69, 9.17) is 0 Å². The lowest BCUT2D eigenvalue weighted by atomic mass is 10.2. The summed E-state index contributed by atoms with van der Waals surface area (Å²) in [6.07, 6.45) is 3.83. The molecule has 0 radical (unpaired) electrons. The number of aromatic nitrogens is 3. The van der Waals surface area contributed by atoms with Gasteiger partial charge in [-0.1, -0.05) is 35.3 Å². The van der Waals surface area contributed by atoms with E-state index in [1.165, 1.54) is 5.56 Å². The van der Waals surface area contributed by atoms with Gasteiger partial charge in [0, 0.05) is 16.7 Å². The van der Waals surface area contributed by atoms with E-state index >= 15 is 0 Å². The molecular formula is C14H18BrN5. The lowest BCUT2D eigenvalue weighted by molar-refractivity contribution is 0.819. The van der Waals surface area contributed by atoms with Crippen LogP contribution in [0.3, 0.4) is 0 Å². The third-order valence-corrected chi connectivity index (χ3v) is 3.67. The van der Waals surface area contributed by atoms with E-state index in [-0.39, 0.29) is 0 Å². The summed E-state index contributed by atoms with van der Waals surface area (Å²) in [5.41, 5.74) is 2.15. The van der Waals surface area contributed by atoms with E-state index < -0.39 is 0 Å². The van der Waals surface area contributed by atoms with Crippen LogP contribution in [0.25, 0.3) is 0 Å². The molecule has 1 heterocycles. The molecule has 0 bridgehead atoms. The van der Waals surface area contributed by atoms with Crippen LogP contribution in [-0.4, -0.2) is 21.7 Å². The number of rotatable bonds is 6. The van der Waals surface area contributed by atoms with Crippen molar-refractivity contribution in [3.63, 3.8) is 0 Å². The van der Waals surface area contributed by atoms with E-state index in [0.29, 0.717) is 11.8 Å². The van der Waals surface area contributed by atoms with Gasteiger partial charge in [0.05, 0.1) is 6.20 Å². The third kappa shape index (κ3) is 4.16. The molecule has 1 aromatic heterocycles. The van der Waals surface area contributed by atoms with Gasteiger partial charge in [-0.3, -0.25) is 0 Å². The van der Waals surface area contributed by atoms with Crippen LogP contribution >= 0.6 is 15.9 Å². The fourth-order valence-corrected chi connectivity index (χ4v) is 2.01. The van der Waals surface area contributed by atoms with Crippen LogP contribution < -0.4 is 10.6 Å². The Labute approximate surface area is 127 Å². The van der Waals surface area contributed by atoms with Crippen molar-refractivity contribution in [2.75, 3.05) is 17.2 Å². The first kappa shape index (κ1) is 14.7. The maximum atomic E-state index is 4.38. The number of aryl methyl sites for hydroxylation is 1. The molecule has 106 valence electrons. The molecule has 0 aliphatic rings. The minimum Gasteiger partial charge on any atom is -0.353 e. The highest BCUT2D eigenvalue weighted by atomic mass is 79.9. The first-order valence-electron chi connectivity index (χ1n) is 6.66. The van der Waals surface area contributed by atoms with Crippen LogP contribution in [0.1, 0.15) is 25.3 Å². The van der Waals surface area contributed by atoms with Gasteiger partial charge in [0.25, 0.3) is 0 Å². The minimum absolute atomic E-state index is 0.551. The molecule has 6 heteroatoms. The summed E-state index contributed by atoms with van der Waals surface area (Å²) >= 11 is 3.52. The minimum atomic E-state index is 0.551. The van der Waals surface area contributed by atoms with Crippen molar-refractivity contribution in [3.05, 3.63) is 34.4 Å². The average Bonchev–Trinajstić information content (AvgIpc) is 2.44. The molecule has 2 aromatic rings. The molecule has 0 atom stereocenters. The SMILES string of the molecule is CCCCNc1nncc(Nc2ccc(C)c(Br)c2)n1. The first-order valence-corrected chi connectivity index (χ1v) is 7.45. The highest BCUT2D eigenvalue weighted by molar-refractivity contribution is 9.10. The zero-order valence-corrected chi connectivity index (χ0v) is 13.2. The van der Waals surface area contributed by atoms with Crippen LogP contribution in [0.15, 0.2) is 28.9 Å². The number of unbranched alkanes of at least 4 members (excludes halogenated alkanes) is 1. The summed E-state index contributed by atoms with van der Waals surface area (Å²) in [5.74, 6) is 1.23. The second-order valence-corrected chi connectivity index (χ2v) is 5.39. The topological polar surface area (TPSA) is 62.7 Å². The molecule has 2 rings (SSSR count).